The van der Waals surface area contributed by atoms with Crippen molar-refractivity contribution in [3.63, 3.8) is 0 Å². The molecule has 1 saturated carbocycles. The smallest absolute Gasteiger partial charge is 0.0686 e. The van der Waals surface area contributed by atoms with Crippen LogP contribution in [0.25, 0.3) is 0 Å². The van der Waals surface area contributed by atoms with E-state index in [9.17, 15) is 0 Å². The molecule has 3 rings (SSSR count). The average Bonchev–Trinajstić information content (AvgIpc) is 2.47. The van der Waals surface area contributed by atoms with Gasteiger partial charge >= 0.3 is 0 Å². The standard InChI is InChI=1S/C18H28N2O/c1-19-17(14-6-4-7-16(12-14)20(2)3)15-8-11-21-18(13-15)9-5-10-18/h4,6-7,12,15,17,19H,5,8-11,13H2,1-3H3. The van der Waals surface area contributed by atoms with E-state index in [1.807, 2.05) is 0 Å². The molecule has 1 spiro atoms. The highest BCUT2D eigenvalue weighted by atomic mass is 16.5. The Morgan fingerprint density at radius 2 is 2.14 bits per heavy atom. The van der Waals surface area contributed by atoms with E-state index in [2.05, 4.69) is 55.6 Å². The lowest BCUT2D eigenvalue weighted by atomic mass is 9.69. The second-order valence-electron chi connectivity index (χ2n) is 6.89. The van der Waals surface area contributed by atoms with E-state index in [4.69, 9.17) is 4.74 Å². The van der Waals surface area contributed by atoms with Crippen LogP contribution in [0.15, 0.2) is 24.3 Å². The van der Waals surface area contributed by atoms with Gasteiger partial charge in [0.1, 0.15) is 0 Å². The Balaban J connectivity index is 1.79. The Kier molecular flexibility index (Phi) is 4.23. The van der Waals surface area contributed by atoms with Crippen molar-refractivity contribution in [3.8, 4) is 0 Å². The first-order valence-electron chi connectivity index (χ1n) is 8.22. The first-order chi connectivity index (χ1) is 10.1. The zero-order valence-electron chi connectivity index (χ0n) is 13.6. The summed E-state index contributed by atoms with van der Waals surface area (Å²) in [6.45, 7) is 0.927. The third kappa shape index (κ3) is 2.95. The summed E-state index contributed by atoms with van der Waals surface area (Å²) in [6, 6.07) is 9.37. The maximum absolute atomic E-state index is 6.09. The van der Waals surface area contributed by atoms with E-state index in [-0.39, 0.29) is 5.60 Å². The highest BCUT2D eigenvalue weighted by Gasteiger charge is 2.44. The van der Waals surface area contributed by atoms with Gasteiger partial charge in [-0.25, -0.2) is 0 Å². The molecular formula is C18H28N2O. The number of hydrogen-bond donors (Lipinski definition) is 1. The van der Waals surface area contributed by atoms with Gasteiger partial charge in [-0.2, -0.15) is 0 Å². The number of benzene rings is 1. The SMILES string of the molecule is CNC(c1cccc(N(C)C)c1)C1CCOC2(CCC2)C1. The van der Waals surface area contributed by atoms with Crippen LogP contribution in [0.1, 0.15) is 43.7 Å². The van der Waals surface area contributed by atoms with Crippen molar-refractivity contribution in [3.05, 3.63) is 29.8 Å². The summed E-state index contributed by atoms with van der Waals surface area (Å²) in [5.41, 5.74) is 2.90. The van der Waals surface area contributed by atoms with Crippen molar-refractivity contribution in [2.45, 2.75) is 43.7 Å². The van der Waals surface area contributed by atoms with Gasteiger partial charge in [0.15, 0.2) is 0 Å². The van der Waals surface area contributed by atoms with E-state index in [0.717, 1.165) is 6.61 Å². The molecule has 0 radical (unpaired) electrons. The fourth-order valence-electron chi connectivity index (χ4n) is 3.94. The maximum atomic E-state index is 6.09. The number of hydrogen-bond acceptors (Lipinski definition) is 3. The Bertz CT molecular complexity index is 482. The molecular weight excluding hydrogens is 260 g/mol. The molecule has 21 heavy (non-hydrogen) atoms. The number of anilines is 1. The van der Waals surface area contributed by atoms with Crippen molar-refractivity contribution in [1.82, 2.24) is 5.32 Å². The van der Waals surface area contributed by atoms with Gasteiger partial charge in [-0.15, -0.1) is 0 Å². The summed E-state index contributed by atoms with van der Waals surface area (Å²) in [7, 11) is 6.30. The molecule has 0 amide bonds. The Labute approximate surface area is 128 Å². The van der Waals surface area contributed by atoms with Crippen LogP contribution in [0.4, 0.5) is 5.69 Å². The molecule has 1 aliphatic carbocycles. The molecule has 3 heteroatoms. The molecule has 2 aliphatic rings. The second-order valence-corrected chi connectivity index (χ2v) is 6.89. The molecule has 2 unspecified atom stereocenters. The molecule has 116 valence electrons. The predicted octanol–water partition coefficient (Wildman–Crippen LogP) is 3.36. The summed E-state index contributed by atoms with van der Waals surface area (Å²) < 4.78 is 6.09. The minimum atomic E-state index is 0.219. The van der Waals surface area contributed by atoms with Crippen LogP contribution in [0.5, 0.6) is 0 Å². The zero-order chi connectivity index (χ0) is 14.9. The van der Waals surface area contributed by atoms with Gasteiger partial charge in [0.05, 0.1) is 5.60 Å². The van der Waals surface area contributed by atoms with Crippen molar-refractivity contribution < 1.29 is 4.74 Å². The number of nitrogens with zero attached hydrogens (tertiary/aromatic N) is 1. The zero-order valence-corrected chi connectivity index (χ0v) is 13.6. The lowest BCUT2D eigenvalue weighted by Gasteiger charge is -2.48. The number of nitrogens with one attached hydrogen (secondary N) is 1. The van der Waals surface area contributed by atoms with Crippen LogP contribution < -0.4 is 10.2 Å². The molecule has 0 bridgehead atoms. The summed E-state index contributed by atoms with van der Waals surface area (Å²) >= 11 is 0. The van der Waals surface area contributed by atoms with Crippen LogP contribution in [-0.2, 0) is 4.74 Å². The highest BCUT2D eigenvalue weighted by Crippen LogP contribution is 2.47. The van der Waals surface area contributed by atoms with Crippen LogP contribution in [-0.4, -0.2) is 33.4 Å². The number of rotatable bonds is 4. The van der Waals surface area contributed by atoms with Crippen LogP contribution in [0.3, 0.4) is 0 Å². The molecule has 1 aromatic rings. The van der Waals surface area contributed by atoms with Gasteiger partial charge in [-0.3, -0.25) is 0 Å². The maximum Gasteiger partial charge on any atom is 0.0686 e. The van der Waals surface area contributed by atoms with Gasteiger partial charge in [0.2, 0.25) is 0 Å². The van der Waals surface area contributed by atoms with Crippen LogP contribution >= 0.6 is 0 Å². The van der Waals surface area contributed by atoms with Gasteiger partial charge in [-0.05, 0) is 62.8 Å². The molecule has 1 aromatic carbocycles. The van der Waals surface area contributed by atoms with Crippen LogP contribution in [0.2, 0.25) is 0 Å². The lowest BCUT2D eigenvalue weighted by molar-refractivity contribution is -0.147. The van der Waals surface area contributed by atoms with E-state index < -0.39 is 0 Å². The van der Waals surface area contributed by atoms with Crippen LogP contribution in [0, 0.1) is 5.92 Å². The van der Waals surface area contributed by atoms with Gasteiger partial charge in [0, 0.05) is 32.4 Å². The summed E-state index contributed by atoms with van der Waals surface area (Å²) in [5, 5.41) is 3.57. The molecule has 1 aliphatic heterocycles. The molecule has 2 atom stereocenters. The molecule has 0 aromatic heterocycles. The topological polar surface area (TPSA) is 24.5 Å². The Hall–Kier alpha value is -1.06. The molecule has 1 N–H and O–H groups in total. The Morgan fingerprint density at radius 1 is 1.33 bits per heavy atom. The number of ether oxygens (including phenoxy) is 1. The summed E-state index contributed by atoms with van der Waals surface area (Å²) in [5.74, 6) is 0.682. The molecule has 1 saturated heterocycles. The van der Waals surface area contributed by atoms with Crippen molar-refractivity contribution in [1.29, 1.82) is 0 Å². The Morgan fingerprint density at radius 3 is 2.76 bits per heavy atom. The van der Waals surface area contributed by atoms with E-state index >= 15 is 0 Å². The monoisotopic (exact) mass is 288 g/mol. The summed E-state index contributed by atoms with van der Waals surface area (Å²) in [4.78, 5) is 2.17. The molecule has 3 nitrogen and oxygen atoms in total. The van der Waals surface area contributed by atoms with Gasteiger partial charge < -0.3 is 15.0 Å². The van der Waals surface area contributed by atoms with Crippen molar-refractivity contribution >= 4 is 5.69 Å². The van der Waals surface area contributed by atoms with E-state index in [1.165, 1.54) is 43.4 Å². The van der Waals surface area contributed by atoms with Gasteiger partial charge in [0.25, 0.3) is 0 Å². The quantitative estimate of drug-likeness (QED) is 0.919. The van der Waals surface area contributed by atoms with Crippen molar-refractivity contribution in [2.24, 2.45) is 5.92 Å². The highest BCUT2D eigenvalue weighted by molar-refractivity contribution is 5.48. The van der Waals surface area contributed by atoms with E-state index in [0.29, 0.717) is 12.0 Å². The minimum Gasteiger partial charge on any atom is -0.378 e. The first kappa shape index (κ1) is 14.9. The van der Waals surface area contributed by atoms with Gasteiger partial charge in [-0.1, -0.05) is 12.1 Å². The first-order valence-corrected chi connectivity index (χ1v) is 8.22. The minimum absolute atomic E-state index is 0.219. The average molecular weight is 288 g/mol. The third-order valence-electron chi connectivity index (χ3n) is 5.32. The molecule has 2 fully saturated rings. The predicted molar refractivity (Wildman–Crippen MR) is 87.8 cm³/mol. The normalized spacial score (nSPS) is 25.4. The van der Waals surface area contributed by atoms with Crippen molar-refractivity contribution in [2.75, 3.05) is 32.6 Å². The molecule has 1 heterocycles. The fraction of sp³-hybridized carbons (Fsp3) is 0.667. The third-order valence-corrected chi connectivity index (χ3v) is 5.32. The van der Waals surface area contributed by atoms with E-state index in [1.54, 1.807) is 0 Å². The summed E-state index contributed by atoms with van der Waals surface area (Å²) in [6.07, 6.45) is 6.24. The fourth-order valence-corrected chi connectivity index (χ4v) is 3.94. The second kappa shape index (κ2) is 5.98. The largest absolute Gasteiger partial charge is 0.378 e. The lowest BCUT2D eigenvalue weighted by Crippen LogP contribution is -2.47.